The standard InChI is InChI=1S/C25H26F3N5O4/c1-31-14-23(29-15-31)36-24(35)33(9-16-4-2-6-18(8-16)37-25(26,27)28)13-21-19-11-32(12-20(19)21)10-17-5-3-7-22(34)30-17/h2-8,14-15,19-21H,9-13H2,1H3,(H,30,34). The van der Waals surface area contributed by atoms with Gasteiger partial charge < -0.3 is 23.9 Å². The minimum absolute atomic E-state index is 0.0611. The fourth-order valence-electron chi connectivity index (χ4n) is 5.08. The summed E-state index contributed by atoms with van der Waals surface area (Å²) in [4.78, 5) is 35.2. The molecule has 3 heterocycles. The third kappa shape index (κ3) is 6.31. The van der Waals surface area contributed by atoms with Gasteiger partial charge in [-0.2, -0.15) is 0 Å². The van der Waals surface area contributed by atoms with Crippen molar-refractivity contribution in [2.45, 2.75) is 19.5 Å². The number of aryl methyl sites for hydroxylation is 1. The number of aromatic nitrogens is 3. The Balaban J connectivity index is 1.24. The summed E-state index contributed by atoms with van der Waals surface area (Å²) in [7, 11) is 1.75. The average molecular weight is 518 g/mol. The second-order valence-electron chi connectivity index (χ2n) is 9.55. The van der Waals surface area contributed by atoms with Crippen LogP contribution in [0.25, 0.3) is 0 Å². The fraction of sp³-hybridized carbons (Fsp3) is 0.400. The van der Waals surface area contributed by atoms with Gasteiger partial charge in [-0.3, -0.25) is 9.69 Å². The van der Waals surface area contributed by atoms with E-state index in [0.717, 1.165) is 18.8 Å². The van der Waals surface area contributed by atoms with Gasteiger partial charge in [0.05, 0.1) is 12.5 Å². The quantitative estimate of drug-likeness (QED) is 0.493. The number of amides is 1. The van der Waals surface area contributed by atoms with E-state index in [1.807, 2.05) is 6.07 Å². The molecule has 3 aromatic rings. The van der Waals surface area contributed by atoms with Gasteiger partial charge in [-0.05, 0) is 41.5 Å². The molecule has 2 unspecified atom stereocenters. The Morgan fingerprint density at radius 2 is 1.95 bits per heavy atom. The van der Waals surface area contributed by atoms with Crippen LogP contribution in [-0.2, 0) is 20.1 Å². The number of fused-ring (bicyclic) bond motifs is 1. The minimum Gasteiger partial charge on any atom is -0.406 e. The number of imidazole rings is 1. The van der Waals surface area contributed by atoms with E-state index in [0.29, 0.717) is 30.5 Å². The highest BCUT2D eigenvalue weighted by atomic mass is 19.4. The van der Waals surface area contributed by atoms with E-state index in [1.165, 1.54) is 35.5 Å². The molecule has 37 heavy (non-hydrogen) atoms. The Kier molecular flexibility index (Phi) is 6.67. The van der Waals surface area contributed by atoms with Crippen LogP contribution in [0.5, 0.6) is 11.6 Å². The highest BCUT2D eigenvalue weighted by molar-refractivity contribution is 5.70. The molecule has 2 atom stereocenters. The highest BCUT2D eigenvalue weighted by Gasteiger charge is 2.56. The maximum atomic E-state index is 13.1. The molecule has 1 amide bonds. The Bertz CT molecular complexity index is 1310. The summed E-state index contributed by atoms with van der Waals surface area (Å²) in [6.07, 6.45) is -2.36. The minimum atomic E-state index is -4.81. The van der Waals surface area contributed by atoms with Crippen LogP contribution < -0.4 is 15.0 Å². The van der Waals surface area contributed by atoms with Crippen LogP contribution in [0, 0.1) is 17.8 Å². The molecule has 12 heteroatoms. The highest BCUT2D eigenvalue weighted by Crippen LogP contribution is 2.52. The van der Waals surface area contributed by atoms with Gasteiger partial charge in [0.25, 0.3) is 0 Å². The summed E-state index contributed by atoms with van der Waals surface area (Å²) >= 11 is 0. The van der Waals surface area contributed by atoms with E-state index < -0.39 is 12.5 Å². The average Bonchev–Trinajstić information content (AvgIpc) is 3.10. The number of hydrogen-bond donors (Lipinski definition) is 1. The molecule has 5 rings (SSSR count). The Morgan fingerprint density at radius 3 is 2.62 bits per heavy atom. The molecule has 1 saturated carbocycles. The first kappa shape index (κ1) is 24.9. The number of benzene rings is 1. The van der Waals surface area contributed by atoms with Crippen molar-refractivity contribution >= 4 is 6.09 Å². The third-order valence-electron chi connectivity index (χ3n) is 6.74. The molecule has 0 bridgehead atoms. The van der Waals surface area contributed by atoms with E-state index in [-0.39, 0.29) is 29.7 Å². The van der Waals surface area contributed by atoms with E-state index in [2.05, 4.69) is 19.6 Å². The molecule has 0 spiro atoms. The van der Waals surface area contributed by atoms with Crippen LogP contribution in [0.1, 0.15) is 11.3 Å². The normalized spacial score (nSPS) is 20.9. The molecule has 0 radical (unpaired) electrons. The summed E-state index contributed by atoms with van der Waals surface area (Å²) < 4.78 is 49.1. The number of alkyl halides is 3. The van der Waals surface area contributed by atoms with Crippen LogP contribution in [0.3, 0.4) is 0 Å². The molecular weight excluding hydrogens is 491 g/mol. The van der Waals surface area contributed by atoms with Gasteiger partial charge in [-0.25, -0.2) is 9.78 Å². The van der Waals surface area contributed by atoms with Crippen molar-refractivity contribution in [2.75, 3.05) is 19.6 Å². The molecule has 2 aromatic heterocycles. The number of ether oxygens (including phenoxy) is 2. The maximum Gasteiger partial charge on any atom is 0.573 e. The molecule has 9 nitrogen and oxygen atoms in total. The second kappa shape index (κ2) is 9.92. The number of carbonyl (C=O) groups is 1. The maximum absolute atomic E-state index is 13.1. The van der Waals surface area contributed by atoms with E-state index in [1.54, 1.807) is 29.9 Å². The Hall–Kier alpha value is -3.80. The molecule has 2 aliphatic rings. The Labute approximate surface area is 210 Å². The van der Waals surface area contributed by atoms with Crippen LogP contribution >= 0.6 is 0 Å². The molecule has 1 aliphatic carbocycles. The zero-order valence-electron chi connectivity index (χ0n) is 20.0. The molecule has 1 saturated heterocycles. The van der Waals surface area contributed by atoms with Gasteiger partial charge in [0.15, 0.2) is 0 Å². The summed E-state index contributed by atoms with van der Waals surface area (Å²) in [5.74, 6) is 0.824. The summed E-state index contributed by atoms with van der Waals surface area (Å²) in [5, 5.41) is 0. The zero-order valence-corrected chi connectivity index (χ0v) is 20.0. The number of piperidine rings is 1. The number of nitrogens with one attached hydrogen (secondary N) is 1. The van der Waals surface area contributed by atoms with Gasteiger partial charge in [-0.1, -0.05) is 18.2 Å². The van der Waals surface area contributed by atoms with Crippen LogP contribution in [0.15, 0.2) is 59.8 Å². The van der Waals surface area contributed by atoms with Gasteiger partial charge in [0, 0.05) is 51.5 Å². The summed E-state index contributed by atoms with van der Waals surface area (Å²) in [6, 6.07) is 10.7. The number of aromatic amines is 1. The fourth-order valence-corrected chi connectivity index (χ4v) is 5.08. The largest absolute Gasteiger partial charge is 0.573 e. The van der Waals surface area contributed by atoms with Crippen molar-refractivity contribution in [3.05, 3.63) is 76.6 Å². The number of carbonyl (C=O) groups excluding carboxylic acids is 1. The van der Waals surface area contributed by atoms with Crippen molar-refractivity contribution < 1.29 is 27.4 Å². The van der Waals surface area contributed by atoms with E-state index >= 15 is 0 Å². The van der Waals surface area contributed by atoms with Crippen LogP contribution in [0.4, 0.5) is 18.0 Å². The van der Waals surface area contributed by atoms with Crippen molar-refractivity contribution in [1.82, 2.24) is 24.3 Å². The van der Waals surface area contributed by atoms with Gasteiger partial charge in [0.2, 0.25) is 11.4 Å². The number of pyridine rings is 1. The summed E-state index contributed by atoms with van der Waals surface area (Å²) in [5.41, 5.74) is 1.21. The molecule has 1 N–H and O–H groups in total. The van der Waals surface area contributed by atoms with E-state index in [9.17, 15) is 22.8 Å². The number of hydrogen-bond acceptors (Lipinski definition) is 6. The number of nitrogens with zero attached hydrogens (tertiary/aromatic N) is 4. The first-order valence-electron chi connectivity index (χ1n) is 11.8. The zero-order chi connectivity index (χ0) is 26.2. The summed E-state index contributed by atoms with van der Waals surface area (Å²) in [6.45, 7) is 2.79. The monoisotopic (exact) mass is 517 g/mol. The molecule has 196 valence electrons. The first-order chi connectivity index (χ1) is 17.6. The van der Waals surface area contributed by atoms with Crippen molar-refractivity contribution in [3.63, 3.8) is 0 Å². The van der Waals surface area contributed by atoms with E-state index in [4.69, 9.17) is 4.74 Å². The SMILES string of the molecule is Cn1cnc(OC(=O)N(Cc2cccc(OC(F)(F)F)c2)CC2C3CN(Cc4cccc(=O)[nH]4)CC32)c1. The first-order valence-corrected chi connectivity index (χ1v) is 11.8. The van der Waals surface area contributed by atoms with Gasteiger partial charge >= 0.3 is 12.5 Å². The number of halogens is 3. The number of H-pyrrole nitrogens is 1. The lowest BCUT2D eigenvalue weighted by Gasteiger charge is -2.25. The third-order valence-corrected chi connectivity index (χ3v) is 6.74. The van der Waals surface area contributed by atoms with Crippen molar-refractivity contribution in [2.24, 2.45) is 24.8 Å². The van der Waals surface area contributed by atoms with Crippen molar-refractivity contribution in [1.29, 1.82) is 0 Å². The lowest BCUT2D eigenvalue weighted by atomic mass is 10.2. The molecule has 2 fully saturated rings. The van der Waals surface area contributed by atoms with Gasteiger partial charge in [-0.15, -0.1) is 13.2 Å². The number of likely N-dealkylation sites (tertiary alicyclic amines) is 1. The van der Waals surface area contributed by atoms with Crippen LogP contribution in [0.2, 0.25) is 0 Å². The molecule has 1 aliphatic heterocycles. The lowest BCUT2D eigenvalue weighted by molar-refractivity contribution is -0.274. The predicted molar refractivity (Wildman–Crippen MR) is 126 cm³/mol. The van der Waals surface area contributed by atoms with Gasteiger partial charge in [0.1, 0.15) is 5.75 Å². The topological polar surface area (TPSA) is 92.7 Å². The van der Waals surface area contributed by atoms with Crippen LogP contribution in [-0.4, -0.2) is 56.4 Å². The lowest BCUT2D eigenvalue weighted by Crippen LogP contribution is -2.37. The predicted octanol–water partition coefficient (Wildman–Crippen LogP) is 3.39. The number of rotatable bonds is 8. The van der Waals surface area contributed by atoms with Crippen molar-refractivity contribution in [3.8, 4) is 11.6 Å². The second-order valence-corrected chi connectivity index (χ2v) is 9.55. The molecular formula is C25H26F3N5O4. The Morgan fingerprint density at radius 1 is 1.19 bits per heavy atom. The molecule has 1 aromatic carbocycles. The smallest absolute Gasteiger partial charge is 0.406 e.